The van der Waals surface area contributed by atoms with Crippen molar-refractivity contribution in [2.24, 2.45) is 0 Å². The standard InChI is InChI=1S/C17H17F2NO/c1-2-6-13-11-15(20)9-10-16(13)21-12-17(18,19)14-7-4-3-5-8-14/h2-5,7-11H,1,6,12,20H2. The summed E-state index contributed by atoms with van der Waals surface area (Å²) < 4.78 is 33.4. The summed E-state index contributed by atoms with van der Waals surface area (Å²) in [6.45, 7) is 2.92. The third-order valence-electron chi connectivity index (χ3n) is 3.05. The first-order valence-corrected chi connectivity index (χ1v) is 6.58. The number of benzene rings is 2. The summed E-state index contributed by atoms with van der Waals surface area (Å²) in [5.41, 5.74) is 6.94. The van der Waals surface area contributed by atoms with E-state index in [9.17, 15) is 8.78 Å². The molecule has 110 valence electrons. The van der Waals surface area contributed by atoms with Gasteiger partial charge in [0.15, 0.2) is 6.61 Å². The van der Waals surface area contributed by atoms with E-state index >= 15 is 0 Å². The van der Waals surface area contributed by atoms with Crippen LogP contribution in [0.15, 0.2) is 61.2 Å². The molecule has 0 atom stereocenters. The van der Waals surface area contributed by atoms with Crippen LogP contribution in [-0.4, -0.2) is 6.61 Å². The van der Waals surface area contributed by atoms with Crippen LogP contribution < -0.4 is 10.5 Å². The number of hydrogen-bond acceptors (Lipinski definition) is 2. The molecule has 0 unspecified atom stereocenters. The zero-order valence-corrected chi connectivity index (χ0v) is 11.6. The van der Waals surface area contributed by atoms with Crippen LogP contribution in [-0.2, 0) is 12.3 Å². The second-order valence-electron chi connectivity index (χ2n) is 4.72. The molecule has 2 aromatic rings. The molecule has 0 saturated heterocycles. The van der Waals surface area contributed by atoms with Crippen molar-refractivity contribution in [1.29, 1.82) is 0 Å². The fourth-order valence-electron chi connectivity index (χ4n) is 1.99. The molecule has 0 amide bonds. The van der Waals surface area contributed by atoms with E-state index < -0.39 is 12.5 Å². The van der Waals surface area contributed by atoms with Gasteiger partial charge in [-0.2, -0.15) is 8.78 Å². The number of nitrogen functional groups attached to an aromatic ring is 1. The van der Waals surface area contributed by atoms with Crippen LogP contribution in [0.4, 0.5) is 14.5 Å². The van der Waals surface area contributed by atoms with Gasteiger partial charge in [-0.25, -0.2) is 0 Å². The molecule has 0 aliphatic carbocycles. The Morgan fingerprint density at radius 1 is 1.14 bits per heavy atom. The molecular weight excluding hydrogens is 272 g/mol. The van der Waals surface area contributed by atoms with Crippen LogP contribution >= 0.6 is 0 Å². The van der Waals surface area contributed by atoms with Crippen LogP contribution in [0.2, 0.25) is 0 Å². The first kappa shape index (κ1) is 15.0. The van der Waals surface area contributed by atoms with E-state index in [0.29, 0.717) is 17.9 Å². The summed E-state index contributed by atoms with van der Waals surface area (Å²) in [4.78, 5) is 0. The van der Waals surface area contributed by atoms with E-state index in [1.165, 1.54) is 12.1 Å². The molecule has 0 bridgehead atoms. The molecule has 2 aromatic carbocycles. The second-order valence-corrected chi connectivity index (χ2v) is 4.72. The van der Waals surface area contributed by atoms with E-state index in [1.54, 1.807) is 42.5 Å². The Kier molecular flexibility index (Phi) is 4.58. The minimum absolute atomic E-state index is 0.0642. The number of nitrogens with two attached hydrogens (primary N) is 1. The van der Waals surface area contributed by atoms with Gasteiger partial charge in [-0.1, -0.05) is 36.4 Å². The maximum atomic E-state index is 14.1. The molecular formula is C17H17F2NO. The zero-order chi connectivity index (χ0) is 15.3. The van der Waals surface area contributed by atoms with E-state index in [4.69, 9.17) is 10.5 Å². The molecule has 0 aromatic heterocycles. The summed E-state index contributed by atoms with van der Waals surface area (Å²) >= 11 is 0. The van der Waals surface area contributed by atoms with Gasteiger partial charge in [-0.05, 0) is 30.2 Å². The summed E-state index contributed by atoms with van der Waals surface area (Å²) in [6, 6.07) is 12.6. The number of halogens is 2. The highest BCUT2D eigenvalue weighted by atomic mass is 19.3. The van der Waals surface area contributed by atoms with E-state index in [-0.39, 0.29) is 5.56 Å². The lowest BCUT2D eigenvalue weighted by atomic mass is 10.1. The number of allylic oxidation sites excluding steroid dienone is 1. The summed E-state index contributed by atoms with van der Waals surface area (Å²) in [6.07, 6.45) is 2.19. The molecule has 0 spiro atoms. The van der Waals surface area contributed by atoms with Crippen LogP contribution in [0.5, 0.6) is 5.75 Å². The Bertz CT molecular complexity index is 611. The highest BCUT2D eigenvalue weighted by molar-refractivity contribution is 5.48. The van der Waals surface area contributed by atoms with Crippen molar-refractivity contribution in [2.75, 3.05) is 12.3 Å². The van der Waals surface area contributed by atoms with E-state index in [2.05, 4.69) is 6.58 Å². The van der Waals surface area contributed by atoms with Crippen molar-refractivity contribution in [1.82, 2.24) is 0 Å². The Morgan fingerprint density at radius 2 is 1.86 bits per heavy atom. The lowest BCUT2D eigenvalue weighted by Crippen LogP contribution is -2.23. The van der Waals surface area contributed by atoms with Crippen LogP contribution in [0.25, 0.3) is 0 Å². The molecule has 2 nitrogen and oxygen atoms in total. The fraction of sp³-hybridized carbons (Fsp3) is 0.176. The number of hydrogen-bond donors (Lipinski definition) is 1. The van der Waals surface area contributed by atoms with Crippen LogP contribution in [0, 0.1) is 0 Å². The van der Waals surface area contributed by atoms with Gasteiger partial charge >= 0.3 is 5.92 Å². The Hall–Kier alpha value is -2.36. The van der Waals surface area contributed by atoms with Crippen LogP contribution in [0.1, 0.15) is 11.1 Å². The predicted molar refractivity (Wildman–Crippen MR) is 80.6 cm³/mol. The van der Waals surface area contributed by atoms with Crippen molar-refractivity contribution in [3.05, 3.63) is 72.3 Å². The summed E-state index contributed by atoms with van der Waals surface area (Å²) in [5.74, 6) is -2.65. The molecule has 0 radical (unpaired) electrons. The number of ether oxygens (including phenoxy) is 1. The molecule has 4 heteroatoms. The van der Waals surface area contributed by atoms with Gasteiger partial charge in [0, 0.05) is 11.3 Å². The highest BCUT2D eigenvalue weighted by Crippen LogP contribution is 2.30. The zero-order valence-electron chi connectivity index (χ0n) is 11.6. The molecule has 0 aliphatic rings. The minimum Gasteiger partial charge on any atom is -0.487 e. The van der Waals surface area contributed by atoms with Crippen molar-refractivity contribution in [3.63, 3.8) is 0 Å². The van der Waals surface area contributed by atoms with E-state index in [1.807, 2.05) is 0 Å². The maximum Gasteiger partial charge on any atom is 0.306 e. The number of rotatable bonds is 6. The normalized spacial score (nSPS) is 11.1. The Labute approximate surface area is 122 Å². The third-order valence-corrected chi connectivity index (χ3v) is 3.05. The first-order chi connectivity index (χ1) is 10.0. The van der Waals surface area contributed by atoms with Crippen LogP contribution in [0.3, 0.4) is 0 Å². The van der Waals surface area contributed by atoms with Gasteiger partial charge < -0.3 is 10.5 Å². The van der Waals surface area contributed by atoms with Gasteiger partial charge in [-0.15, -0.1) is 6.58 Å². The first-order valence-electron chi connectivity index (χ1n) is 6.58. The second kappa shape index (κ2) is 6.39. The van der Waals surface area contributed by atoms with Gasteiger partial charge in [0.1, 0.15) is 5.75 Å². The van der Waals surface area contributed by atoms with Crippen molar-refractivity contribution < 1.29 is 13.5 Å². The monoisotopic (exact) mass is 289 g/mol. The maximum absolute atomic E-state index is 14.1. The molecule has 0 heterocycles. The molecule has 2 N–H and O–H groups in total. The van der Waals surface area contributed by atoms with E-state index in [0.717, 1.165) is 5.56 Å². The van der Waals surface area contributed by atoms with Crippen molar-refractivity contribution >= 4 is 5.69 Å². The largest absolute Gasteiger partial charge is 0.487 e. The average Bonchev–Trinajstić information content (AvgIpc) is 2.48. The molecule has 2 rings (SSSR count). The highest BCUT2D eigenvalue weighted by Gasteiger charge is 2.32. The third kappa shape index (κ3) is 3.81. The summed E-state index contributed by atoms with van der Waals surface area (Å²) in [7, 11) is 0. The molecule has 21 heavy (non-hydrogen) atoms. The SMILES string of the molecule is C=CCc1cc(N)ccc1OCC(F)(F)c1ccccc1. The van der Waals surface area contributed by atoms with Crippen molar-refractivity contribution in [3.8, 4) is 5.75 Å². The Balaban J connectivity index is 2.14. The van der Waals surface area contributed by atoms with Gasteiger partial charge in [0.25, 0.3) is 0 Å². The summed E-state index contributed by atoms with van der Waals surface area (Å²) in [5, 5.41) is 0. The van der Waals surface area contributed by atoms with Crippen molar-refractivity contribution in [2.45, 2.75) is 12.3 Å². The topological polar surface area (TPSA) is 35.2 Å². The van der Waals surface area contributed by atoms with Gasteiger partial charge in [0.05, 0.1) is 0 Å². The number of anilines is 1. The average molecular weight is 289 g/mol. The number of alkyl halides is 2. The lowest BCUT2D eigenvalue weighted by Gasteiger charge is -2.19. The smallest absolute Gasteiger partial charge is 0.306 e. The van der Waals surface area contributed by atoms with Gasteiger partial charge in [0.2, 0.25) is 0 Å². The van der Waals surface area contributed by atoms with Gasteiger partial charge in [-0.3, -0.25) is 0 Å². The molecule has 0 aliphatic heterocycles. The molecule has 0 fully saturated rings. The predicted octanol–water partition coefficient (Wildman–Crippen LogP) is 4.17. The fourth-order valence-corrected chi connectivity index (χ4v) is 1.99. The Morgan fingerprint density at radius 3 is 2.52 bits per heavy atom. The lowest BCUT2D eigenvalue weighted by molar-refractivity contribution is -0.0469. The molecule has 0 saturated carbocycles. The minimum atomic E-state index is -3.05. The quantitative estimate of drug-likeness (QED) is 0.640.